The molecule has 108 valence electrons. The number of rotatable bonds is 4. The summed E-state index contributed by atoms with van der Waals surface area (Å²) in [6.45, 7) is 7.16. The first-order chi connectivity index (χ1) is 8.85. The molecule has 0 saturated carbocycles. The Labute approximate surface area is 115 Å². The van der Waals surface area contributed by atoms with Crippen LogP contribution in [0.2, 0.25) is 0 Å². The van der Waals surface area contributed by atoms with Crippen LogP contribution in [0.4, 0.5) is 5.95 Å². The number of imidazole rings is 1. The second kappa shape index (κ2) is 5.53. The van der Waals surface area contributed by atoms with Crippen molar-refractivity contribution in [3.8, 4) is 0 Å². The number of nitrogens with zero attached hydrogens (tertiary/aromatic N) is 2. The van der Waals surface area contributed by atoms with Gasteiger partial charge in [0.05, 0.1) is 17.2 Å². The zero-order valence-corrected chi connectivity index (χ0v) is 12.7. The zero-order valence-electron chi connectivity index (χ0n) is 11.9. The van der Waals surface area contributed by atoms with Crippen molar-refractivity contribution >= 4 is 15.8 Å². The molecule has 1 aliphatic heterocycles. The number of sulfone groups is 1. The van der Waals surface area contributed by atoms with Crippen LogP contribution < -0.4 is 5.32 Å². The highest BCUT2D eigenvalue weighted by Gasteiger charge is 2.25. The van der Waals surface area contributed by atoms with Crippen LogP contribution in [0, 0.1) is 12.8 Å². The maximum Gasteiger partial charge on any atom is 0.203 e. The molecule has 0 amide bonds. The van der Waals surface area contributed by atoms with Gasteiger partial charge < -0.3 is 9.88 Å². The summed E-state index contributed by atoms with van der Waals surface area (Å²) in [5, 5.41) is 3.30. The van der Waals surface area contributed by atoms with E-state index in [1.54, 1.807) is 0 Å². The van der Waals surface area contributed by atoms with E-state index in [0.29, 0.717) is 11.7 Å². The first-order valence-electron chi connectivity index (χ1n) is 6.86. The van der Waals surface area contributed by atoms with Gasteiger partial charge in [0.25, 0.3) is 0 Å². The fourth-order valence-electron chi connectivity index (χ4n) is 2.51. The SMILES string of the molecule is Cc1cn(CC(C)C)c(NC2CCCS(=O)(=O)C2)n1. The molecular formula is C13H23N3O2S. The smallest absolute Gasteiger partial charge is 0.203 e. The second-order valence-corrected chi connectivity index (χ2v) is 8.08. The van der Waals surface area contributed by atoms with E-state index in [0.717, 1.165) is 31.0 Å². The van der Waals surface area contributed by atoms with Gasteiger partial charge in [0, 0.05) is 18.8 Å². The maximum atomic E-state index is 11.7. The van der Waals surface area contributed by atoms with Crippen molar-refractivity contribution in [3.05, 3.63) is 11.9 Å². The Morgan fingerprint density at radius 3 is 2.89 bits per heavy atom. The van der Waals surface area contributed by atoms with E-state index in [1.165, 1.54) is 0 Å². The number of aromatic nitrogens is 2. The lowest BCUT2D eigenvalue weighted by Crippen LogP contribution is -2.35. The van der Waals surface area contributed by atoms with Gasteiger partial charge in [-0.25, -0.2) is 13.4 Å². The summed E-state index contributed by atoms with van der Waals surface area (Å²) in [4.78, 5) is 4.46. The van der Waals surface area contributed by atoms with E-state index in [-0.39, 0.29) is 11.8 Å². The van der Waals surface area contributed by atoms with Crippen LogP contribution in [0.5, 0.6) is 0 Å². The van der Waals surface area contributed by atoms with Crippen molar-refractivity contribution in [1.29, 1.82) is 0 Å². The number of hydrogen-bond acceptors (Lipinski definition) is 4. The Bertz CT molecular complexity index is 534. The van der Waals surface area contributed by atoms with Crippen molar-refractivity contribution < 1.29 is 8.42 Å². The molecule has 1 saturated heterocycles. The van der Waals surface area contributed by atoms with Gasteiger partial charge in [0.15, 0.2) is 9.84 Å². The highest BCUT2D eigenvalue weighted by Crippen LogP contribution is 2.18. The molecule has 6 heteroatoms. The topological polar surface area (TPSA) is 64.0 Å². The molecule has 0 aliphatic carbocycles. The molecule has 2 heterocycles. The normalized spacial score (nSPS) is 22.6. The number of nitrogens with one attached hydrogen (secondary N) is 1. The minimum Gasteiger partial charge on any atom is -0.352 e. The monoisotopic (exact) mass is 285 g/mol. The molecule has 1 atom stereocenters. The molecule has 1 aromatic rings. The van der Waals surface area contributed by atoms with Crippen LogP contribution >= 0.6 is 0 Å². The van der Waals surface area contributed by atoms with E-state index in [2.05, 4.69) is 28.7 Å². The Morgan fingerprint density at radius 1 is 1.53 bits per heavy atom. The summed E-state index contributed by atoms with van der Waals surface area (Å²) in [6, 6.07) is -0.00791. The minimum absolute atomic E-state index is 0.00791. The fourth-order valence-corrected chi connectivity index (χ4v) is 4.15. The molecule has 1 fully saturated rings. The average Bonchev–Trinajstić information content (AvgIpc) is 2.56. The molecular weight excluding hydrogens is 262 g/mol. The van der Waals surface area contributed by atoms with E-state index in [1.807, 2.05) is 13.1 Å². The van der Waals surface area contributed by atoms with Gasteiger partial charge in [-0.05, 0) is 25.7 Å². The molecule has 1 unspecified atom stereocenters. The Kier molecular flexibility index (Phi) is 4.18. The van der Waals surface area contributed by atoms with Crippen LogP contribution in [0.15, 0.2) is 6.20 Å². The number of anilines is 1. The van der Waals surface area contributed by atoms with Gasteiger partial charge in [-0.15, -0.1) is 0 Å². The predicted molar refractivity (Wildman–Crippen MR) is 77.1 cm³/mol. The summed E-state index contributed by atoms with van der Waals surface area (Å²) >= 11 is 0. The molecule has 0 radical (unpaired) electrons. The van der Waals surface area contributed by atoms with Crippen LogP contribution in [0.25, 0.3) is 0 Å². The van der Waals surface area contributed by atoms with Gasteiger partial charge >= 0.3 is 0 Å². The third-order valence-corrected chi connectivity index (χ3v) is 5.08. The zero-order chi connectivity index (χ0) is 14.0. The third kappa shape index (κ3) is 3.96. The standard InChI is InChI=1S/C13H23N3O2S/c1-10(2)7-16-8-11(3)14-13(16)15-12-5-4-6-19(17,18)9-12/h8,10,12H,4-7,9H2,1-3H3,(H,14,15). The molecule has 1 aromatic heterocycles. The molecule has 1 N–H and O–H groups in total. The third-order valence-electron chi connectivity index (χ3n) is 3.26. The minimum atomic E-state index is -2.88. The van der Waals surface area contributed by atoms with Gasteiger partial charge in [-0.1, -0.05) is 13.8 Å². The molecule has 0 aromatic carbocycles. The van der Waals surface area contributed by atoms with Crippen molar-refractivity contribution in [2.45, 2.75) is 46.2 Å². The van der Waals surface area contributed by atoms with Crippen LogP contribution in [0.1, 0.15) is 32.4 Å². The Balaban J connectivity index is 2.10. The first kappa shape index (κ1) is 14.4. The van der Waals surface area contributed by atoms with Crippen molar-refractivity contribution in [2.24, 2.45) is 5.92 Å². The van der Waals surface area contributed by atoms with Crippen LogP contribution in [-0.2, 0) is 16.4 Å². The van der Waals surface area contributed by atoms with Crippen molar-refractivity contribution in [2.75, 3.05) is 16.8 Å². The predicted octanol–water partition coefficient (Wildman–Crippen LogP) is 1.84. The van der Waals surface area contributed by atoms with Crippen LogP contribution in [0.3, 0.4) is 0 Å². The maximum absolute atomic E-state index is 11.7. The lowest BCUT2D eigenvalue weighted by molar-refractivity contribution is 0.520. The largest absolute Gasteiger partial charge is 0.352 e. The second-order valence-electron chi connectivity index (χ2n) is 5.85. The van der Waals surface area contributed by atoms with E-state index < -0.39 is 9.84 Å². The molecule has 0 spiro atoms. The highest BCUT2D eigenvalue weighted by atomic mass is 32.2. The van der Waals surface area contributed by atoms with E-state index in [9.17, 15) is 8.42 Å². The van der Waals surface area contributed by atoms with E-state index in [4.69, 9.17) is 0 Å². The van der Waals surface area contributed by atoms with Crippen LogP contribution in [-0.4, -0.2) is 35.5 Å². The summed E-state index contributed by atoms with van der Waals surface area (Å²) in [7, 11) is -2.88. The Hall–Kier alpha value is -1.04. The summed E-state index contributed by atoms with van der Waals surface area (Å²) in [6.07, 6.45) is 3.65. The fraction of sp³-hybridized carbons (Fsp3) is 0.769. The Morgan fingerprint density at radius 2 is 2.26 bits per heavy atom. The summed E-state index contributed by atoms with van der Waals surface area (Å²) < 4.78 is 25.4. The molecule has 2 rings (SSSR count). The van der Waals surface area contributed by atoms with E-state index >= 15 is 0 Å². The lowest BCUT2D eigenvalue weighted by Gasteiger charge is -2.24. The molecule has 19 heavy (non-hydrogen) atoms. The highest BCUT2D eigenvalue weighted by molar-refractivity contribution is 7.91. The van der Waals surface area contributed by atoms with Gasteiger partial charge in [0.2, 0.25) is 5.95 Å². The number of hydrogen-bond donors (Lipinski definition) is 1. The van der Waals surface area contributed by atoms with Gasteiger partial charge in [-0.2, -0.15) is 0 Å². The molecule has 0 bridgehead atoms. The summed E-state index contributed by atoms with van der Waals surface area (Å²) in [5.41, 5.74) is 0.960. The van der Waals surface area contributed by atoms with Crippen molar-refractivity contribution in [1.82, 2.24) is 9.55 Å². The average molecular weight is 285 g/mol. The molecule has 1 aliphatic rings. The van der Waals surface area contributed by atoms with Gasteiger partial charge in [-0.3, -0.25) is 0 Å². The van der Waals surface area contributed by atoms with Crippen molar-refractivity contribution in [3.63, 3.8) is 0 Å². The van der Waals surface area contributed by atoms with Gasteiger partial charge in [0.1, 0.15) is 0 Å². The summed E-state index contributed by atoms with van der Waals surface area (Å²) in [5.74, 6) is 1.88. The molecule has 5 nitrogen and oxygen atoms in total. The quantitative estimate of drug-likeness (QED) is 0.917. The first-order valence-corrected chi connectivity index (χ1v) is 8.68. The lowest BCUT2D eigenvalue weighted by atomic mass is 10.2. The number of aryl methyl sites for hydroxylation is 1.